The van der Waals surface area contributed by atoms with Crippen LogP contribution in [-0.2, 0) is 0 Å². The van der Waals surface area contributed by atoms with Crippen LogP contribution in [0.4, 0.5) is 14.7 Å². The number of phenolic OH excluding ortho intramolecular Hbond substituents is 1. The Kier molecular flexibility index (Phi) is 2.03. The number of phenols is 1. The summed E-state index contributed by atoms with van der Waals surface area (Å²) in [4.78, 5) is 0. The van der Waals surface area contributed by atoms with Gasteiger partial charge in [0.2, 0.25) is 5.88 Å². The second-order valence-corrected chi connectivity index (χ2v) is 2.90. The first-order valence-electron chi connectivity index (χ1n) is 3.98. The standard InChI is InChI=1S/C9H6F2N2O2/c10-4-1-5(11)9(7(14)2-4)6-3-8(12)15-13-6/h1-3,14H,12H2. The molecule has 0 fully saturated rings. The van der Waals surface area contributed by atoms with E-state index < -0.39 is 17.4 Å². The summed E-state index contributed by atoms with van der Waals surface area (Å²) in [6.07, 6.45) is 0. The molecule has 0 aliphatic rings. The van der Waals surface area contributed by atoms with Crippen LogP contribution in [-0.4, -0.2) is 10.3 Å². The van der Waals surface area contributed by atoms with Crippen molar-refractivity contribution in [1.29, 1.82) is 0 Å². The van der Waals surface area contributed by atoms with Crippen molar-refractivity contribution in [2.24, 2.45) is 0 Å². The van der Waals surface area contributed by atoms with Crippen molar-refractivity contribution in [2.75, 3.05) is 5.73 Å². The quantitative estimate of drug-likeness (QED) is 0.757. The highest BCUT2D eigenvalue weighted by Gasteiger charge is 2.16. The van der Waals surface area contributed by atoms with Gasteiger partial charge in [0, 0.05) is 18.2 Å². The van der Waals surface area contributed by atoms with Crippen LogP contribution in [0, 0.1) is 11.6 Å². The van der Waals surface area contributed by atoms with Crippen LogP contribution in [0.5, 0.6) is 5.75 Å². The van der Waals surface area contributed by atoms with Crippen molar-refractivity contribution in [2.45, 2.75) is 0 Å². The van der Waals surface area contributed by atoms with Gasteiger partial charge < -0.3 is 15.4 Å². The number of anilines is 1. The van der Waals surface area contributed by atoms with E-state index in [2.05, 4.69) is 9.68 Å². The minimum Gasteiger partial charge on any atom is -0.507 e. The van der Waals surface area contributed by atoms with Gasteiger partial charge in [-0.15, -0.1) is 0 Å². The molecule has 0 atom stereocenters. The van der Waals surface area contributed by atoms with Gasteiger partial charge in [-0.2, -0.15) is 0 Å². The van der Waals surface area contributed by atoms with Gasteiger partial charge in [0.25, 0.3) is 0 Å². The largest absolute Gasteiger partial charge is 0.507 e. The Balaban J connectivity index is 2.62. The number of halogens is 2. The predicted molar refractivity (Wildman–Crippen MR) is 47.9 cm³/mol. The summed E-state index contributed by atoms with van der Waals surface area (Å²) in [7, 11) is 0. The Morgan fingerprint density at radius 2 is 2.00 bits per heavy atom. The lowest BCUT2D eigenvalue weighted by atomic mass is 10.1. The molecule has 2 aromatic rings. The summed E-state index contributed by atoms with van der Waals surface area (Å²) in [6.45, 7) is 0. The molecule has 6 heteroatoms. The molecule has 0 aliphatic heterocycles. The van der Waals surface area contributed by atoms with Gasteiger partial charge >= 0.3 is 0 Å². The van der Waals surface area contributed by atoms with Crippen LogP contribution in [0.1, 0.15) is 0 Å². The Morgan fingerprint density at radius 1 is 1.27 bits per heavy atom. The maximum absolute atomic E-state index is 13.3. The number of hydrogen-bond acceptors (Lipinski definition) is 4. The normalized spacial score (nSPS) is 10.5. The highest BCUT2D eigenvalue weighted by Crippen LogP contribution is 2.32. The first-order chi connectivity index (χ1) is 7.08. The summed E-state index contributed by atoms with van der Waals surface area (Å²) in [5.41, 5.74) is 5.02. The summed E-state index contributed by atoms with van der Waals surface area (Å²) in [5.74, 6) is -2.38. The van der Waals surface area contributed by atoms with E-state index in [1.54, 1.807) is 0 Å². The molecule has 3 N–H and O–H groups in total. The highest BCUT2D eigenvalue weighted by atomic mass is 19.1. The molecule has 0 unspecified atom stereocenters. The van der Waals surface area contributed by atoms with E-state index in [1.165, 1.54) is 6.07 Å². The van der Waals surface area contributed by atoms with E-state index in [4.69, 9.17) is 5.73 Å². The van der Waals surface area contributed by atoms with Crippen LogP contribution in [0.15, 0.2) is 22.7 Å². The number of hydrogen-bond donors (Lipinski definition) is 2. The maximum atomic E-state index is 13.3. The molecule has 0 aliphatic carbocycles. The third-order valence-electron chi connectivity index (χ3n) is 1.82. The third-order valence-corrected chi connectivity index (χ3v) is 1.82. The Morgan fingerprint density at radius 3 is 2.53 bits per heavy atom. The fourth-order valence-electron chi connectivity index (χ4n) is 1.22. The average Bonchev–Trinajstić information content (AvgIpc) is 2.49. The monoisotopic (exact) mass is 212 g/mol. The van der Waals surface area contributed by atoms with E-state index in [-0.39, 0.29) is 17.1 Å². The van der Waals surface area contributed by atoms with Gasteiger partial charge in [-0.3, -0.25) is 0 Å². The van der Waals surface area contributed by atoms with Gasteiger partial charge in [0.1, 0.15) is 23.1 Å². The maximum Gasteiger partial charge on any atom is 0.222 e. The molecular weight excluding hydrogens is 206 g/mol. The van der Waals surface area contributed by atoms with Crippen LogP contribution in [0.3, 0.4) is 0 Å². The van der Waals surface area contributed by atoms with Crippen molar-refractivity contribution in [3.8, 4) is 17.0 Å². The number of benzene rings is 1. The number of rotatable bonds is 1. The van der Waals surface area contributed by atoms with Gasteiger partial charge in [0.15, 0.2) is 0 Å². The molecule has 0 radical (unpaired) electrons. The highest BCUT2D eigenvalue weighted by molar-refractivity contribution is 5.68. The number of aromatic nitrogens is 1. The van der Waals surface area contributed by atoms with Crippen molar-refractivity contribution in [3.63, 3.8) is 0 Å². The molecule has 1 heterocycles. The number of nitrogen functional groups attached to an aromatic ring is 1. The van der Waals surface area contributed by atoms with E-state index in [0.29, 0.717) is 6.07 Å². The molecule has 0 amide bonds. The first-order valence-corrected chi connectivity index (χ1v) is 3.98. The second kappa shape index (κ2) is 3.23. The van der Waals surface area contributed by atoms with Crippen LogP contribution >= 0.6 is 0 Å². The molecule has 1 aromatic heterocycles. The van der Waals surface area contributed by atoms with Crippen LogP contribution in [0.25, 0.3) is 11.3 Å². The topological polar surface area (TPSA) is 72.3 Å². The number of nitrogens with zero attached hydrogens (tertiary/aromatic N) is 1. The van der Waals surface area contributed by atoms with E-state index in [9.17, 15) is 13.9 Å². The van der Waals surface area contributed by atoms with Gasteiger partial charge in [-0.05, 0) is 0 Å². The lowest BCUT2D eigenvalue weighted by molar-refractivity contribution is 0.435. The molecule has 0 spiro atoms. The Labute approximate surface area is 82.9 Å². The SMILES string of the molecule is Nc1cc(-c2c(O)cc(F)cc2F)no1. The first kappa shape index (κ1) is 9.45. The zero-order valence-electron chi connectivity index (χ0n) is 7.37. The molecule has 2 rings (SSSR count). The number of nitrogens with two attached hydrogens (primary N) is 1. The lowest BCUT2D eigenvalue weighted by Crippen LogP contribution is -1.87. The van der Waals surface area contributed by atoms with E-state index >= 15 is 0 Å². The molecule has 15 heavy (non-hydrogen) atoms. The number of aromatic hydroxyl groups is 1. The fourth-order valence-corrected chi connectivity index (χ4v) is 1.22. The summed E-state index contributed by atoms with van der Waals surface area (Å²) in [6, 6.07) is 2.65. The van der Waals surface area contributed by atoms with Gasteiger partial charge in [-0.1, -0.05) is 5.16 Å². The molecular formula is C9H6F2N2O2. The summed E-state index contributed by atoms with van der Waals surface area (Å²) < 4.78 is 30.5. The molecule has 0 saturated carbocycles. The molecule has 4 nitrogen and oxygen atoms in total. The van der Waals surface area contributed by atoms with Crippen molar-refractivity contribution >= 4 is 5.88 Å². The zero-order valence-corrected chi connectivity index (χ0v) is 7.37. The molecule has 78 valence electrons. The van der Waals surface area contributed by atoms with Crippen molar-refractivity contribution in [1.82, 2.24) is 5.16 Å². The van der Waals surface area contributed by atoms with Crippen LogP contribution in [0.2, 0.25) is 0 Å². The van der Waals surface area contributed by atoms with Gasteiger partial charge in [0.05, 0.1) is 5.56 Å². The minimum atomic E-state index is -0.930. The van der Waals surface area contributed by atoms with Crippen molar-refractivity contribution < 1.29 is 18.4 Å². The third kappa shape index (κ3) is 1.61. The van der Waals surface area contributed by atoms with Gasteiger partial charge in [-0.25, -0.2) is 8.78 Å². The van der Waals surface area contributed by atoms with E-state index in [1.807, 2.05) is 0 Å². The fraction of sp³-hybridized carbons (Fsp3) is 0. The predicted octanol–water partition coefficient (Wildman–Crippen LogP) is 1.91. The summed E-state index contributed by atoms with van der Waals surface area (Å²) >= 11 is 0. The molecule has 0 bridgehead atoms. The Bertz CT molecular complexity index is 488. The average molecular weight is 212 g/mol. The van der Waals surface area contributed by atoms with Crippen LogP contribution < -0.4 is 5.73 Å². The summed E-state index contributed by atoms with van der Waals surface area (Å²) in [5, 5.41) is 12.7. The smallest absolute Gasteiger partial charge is 0.222 e. The van der Waals surface area contributed by atoms with Crippen molar-refractivity contribution in [3.05, 3.63) is 29.8 Å². The Hall–Kier alpha value is -2.11. The second-order valence-electron chi connectivity index (χ2n) is 2.90. The zero-order chi connectivity index (χ0) is 11.0. The van der Waals surface area contributed by atoms with E-state index in [0.717, 1.165) is 6.07 Å². The molecule has 0 saturated heterocycles. The molecule has 1 aromatic carbocycles. The lowest BCUT2D eigenvalue weighted by Gasteiger charge is -2.01. The minimum absolute atomic E-state index is 0.0162.